The number of carbonyl (C=O) groups excluding carboxylic acids is 3. The summed E-state index contributed by atoms with van der Waals surface area (Å²) in [7, 11) is 0. The Kier molecular flexibility index (Phi) is 6.47. The molecule has 0 spiro atoms. The van der Waals surface area contributed by atoms with E-state index in [1.54, 1.807) is 30.3 Å². The fraction of sp³-hybridized carbons (Fsp3) is 0.115. The van der Waals surface area contributed by atoms with E-state index < -0.39 is 23.5 Å². The van der Waals surface area contributed by atoms with E-state index in [4.69, 9.17) is 11.6 Å². The van der Waals surface area contributed by atoms with E-state index >= 15 is 0 Å². The average molecular weight is 478 g/mol. The molecule has 0 saturated carbocycles. The molecule has 3 aromatic carbocycles. The highest BCUT2D eigenvalue weighted by Crippen LogP contribution is 2.31. The third-order valence-electron chi connectivity index (χ3n) is 5.38. The highest BCUT2D eigenvalue weighted by Gasteiger charge is 2.39. The zero-order valence-corrected chi connectivity index (χ0v) is 19.2. The van der Waals surface area contributed by atoms with E-state index in [2.05, 4.69) is 24.5 Å². The summed E-state index contributed by atoms with van der Waals surface area (Å²) in [6.07, 6.45) is 0. The molecule has 6 nitrogen and oxygen atoms in total. The number of halogens is 2. The quantitative estimate of drug-likeness (QED) is 0.450. The molecule has 34 heavy (non-hydrogen) atoms. The lowest BCUT2D eigenvalue weighted by molar-refractivity contribution is -0.120. The van der Waals surface area contributed by atoms with E-state index in [9.17, 15) is 18.8 Å². The Labute approximate surface area is 201 Å². The van der Waals surface area contributed by atoms with Crippen LogP contribution in [0.2, 0.25) is 0 Å². The predicted octanol–water partition coefficient (Wildman–Crippen LogP) is 5.64. The molecule has 0 bridgehead atoms. The van der Waals surface area contributed by atoms with Gasteiger partial charge in [0.2, 0.25) is 0 Å². The molecule has 0 aromatic heterocycles. The van der Waals surface area contributed by atoms with Crippen molar-refractivity contribution in [2.45, 2.75) is 19.8 Å². The molecule has 0 fully saturated rings. The van der Waals surface area contributed by atoms with E-state index in [1.807, 2.05) is 12.1 Å². The first-order valence-corrected chi connectivity index (χ1v) is 11.0. The van der Waals surface area contributed by atoms with Gasteiger partial charge in [-0.25, -0.2) is 9.29 Å². The van der Waals surface area contributed by atoms with Crippen LogP contribution in [0.1, 0.15) is 35.7 Å². The van der Waals surface area contributed by atoms with Crippen LogP contribution in [0.3, 0.4) is 0 Å². The van der Waals surface area contributed by atoms with Crippen LogP contribution >= 0.6 is 11.6 Å². The molecular formula is C26H21ClFN3O3. The van der Waals surface area contributed by atoms with Gasteiger partial charge in [0, 0.05) is 11.3 Å². The van der Waals surface area contributed by atoms with Crippen molar-refractivity contribution in [3.63, 3.8) is 0 Å². The number of rotatable bonds is 6. The molecule has 1 aliphatic heterocycles. The van der Waals surface area contributed by atoms with Gasteiger partial charge in [-0.15, -0.1) is 0 Å². The summed E-state index contributed by atoms with van der Waals surface area (Å²) in [4.78, 5) is 39.1. The minimum atomic E-state index is -0.618. The average Bonchev–Trinajstić information content (AvgIpc) is 3.04. The van der Waals surface area contributed by atoms with E-state index in [0.29, 0.717) is 17.3 Å². The summed E-state index contributed by atoms with van der Waals surface area (Å²) in [6, 6.07) is 19.2. The fourth-order valence-electron chi connectivity index (χ4n) is 3.46. The van der Waals surface area contributed by atoms with Crippen molar-refractivity contribution >= 4 is 46.4 Å². The second kappa shape index (κ2) is 9.49. The first kappa shape index (κ1) is 23.2. The van der Waals surface area contributed by atoms with Gasteiger partial charge >= 0.3 is 0 Å². The van der Waals surface area contributed by atoms with Crippen LogP contribution in [-0.4, -0.2) is 17.7 Å². The van der Waals surface area contributed by atoms with Crippen molar-refractivity contribution in [1.29, 1.82) is 0 Å². The summed E-state index contributed by atoms with van der Waals surface area (Å²) < 4.78 is 13.8. The summed E-state index contributed by atoms with van der Waals surface area (Å²) in [6.45, 7) is 4.10. The van der Waals surface area contributed by atoms with E-state index in [0.717, 1.165) is 10.5 Å². The monoisotopic (exact) mass is 477 g/mol. The number of hydrogen-bond acceptors (Lipinski definition) is 4. The molecule has 0 aliphatic carbocycles. The van der Waals surface area contributed by atoms with Crippen LogP contribution in [0.5, 0.6) is 0 Å². The van der Waals surface area contributed by atoms with Crippen molar-refractivity contribution in [2.75, 3.05) is 15.5 Å². The molecule has 0 unspecified atom stereocenters. The maximum Gasteiger partial charge on any atom is 0.283 e. The molecule has 172 valence electrons. The number of hydrogen-bond donors (Lipinski definition) is 2. The SMILES string of the molecule is CC(C)c1ccc(N2C(=O)C(Cl)=C(Nc3ccc(C(=O)Nc4ccccc4F)cc3)C2=O)cc1. The largest absolute Gasteiger partial charge is 0.350 e. The van der Waals surface area contributed by atoms with Gasteiger partial charge in [0.1, 0.15) is 16.5 Å². The van der Waals surface area contributed by atoms with Crippen molar-refractivity contribution in [2.24, 2.45) is 0 Å². The minimum Gasteiger partial charge on any atom is -0.350 e. The Balaban J connectivity index is 1.48. The third kappa shape index (κ3) is 4.56. The van der Waals surface area contributed by atoms with Gasteiger partial charge < -0.3 is 10.6 Å². The molecule has 8 heteroatoms. The zero-order chi connectivity index (χ0) is 24.4. The molecule has 3 amide bonds. The maximum atomic E-state index is 13.8. The molecule has 1 aliphatic rings. The molecule has 3 aromatic rings. The summed E-state index contributed by atoms with van der Waals surface area (Å²) in [5, 5.41) is 5.15. The molecular weight excluding hydrogens is 457 g/mol. The van der Waals surface area contributed by atoms with Crippen LogP contribution in [-0.2, 0) is 9.59 Å². The first-order valence-electron chi connectivity index (χ1n) is 10.6. The van der Waals surface area contributed by atoms with E-state index in [1.165, 1.54) is 30.3 Å². The van der Waals surface area contributed by atoms with Gasteiger partial charge in [0.15, 0.2) is 0 Å². The number of nitrogens with zero attached hydrogens (tertiary/aromatic N) is 1. The normalized spacial score (nSPS) is 13.6. The standard InChI is InChI=1S/C26H21ClFN3O3/c1-15(2)16-9-13-19(14-10-16)31-25(33)22(27)23(26(31)34)29-18-11-7-17(8-12-18)24(32)30-21-6-4-3-5-20(21)28/h3-15,29H,1-2H3,(H,30,32). The van der Waals surface area contributed by atoms with Crippen molar-refractivity contribution in [3.05, 3.63) is 100 Å². The maximum absolute atomic E-state index is 13.8. The Morgan fingerprint density at radius 2 is 1.56 bits per heavy atom. The lowest BCUT2D eigenvalue weighted by atomic mass is 10.0. The number of anilines is 3. The number of benzene rings is 3. The molecule has 0 saturated heterocycles. The van der Waals surface area contributed by atoms with Gasteiger partial charge in [0.05, 0.1) is 11.4 Å². The topological polar surface area (TPSA) is 78.5 Å². The number of amides is 3. The lowest BCUT2D eigenvalue weighted by Crippen LogP contribution is -2.32. The van der Waals surface area contributed by atoms with Crippen LogP contribution in [0.15, 0.2) is 83.5 Å². The molecule has 4 rings (SSSR count). The second-order valence-electron chi connectivity index (χ2n) is 8.02. The molecule has 0 atom stereocenters. The van der Waals surface area contributed by atoms with Crippen LogP contribution < -0.4 is 15.5 Å². The van der Waals surface area contributed by atoms with Gasteiger partial charge in [-0.1, -0.05) is 49.7 Å². The first-order chi connectivity index (χ1) is 16.3. The van der Waals surface area contributed by atoms with Crippen molar-refractivity contribution in [3.8, 4) is 0 Å². The van der Waals surface area contributed by atoms with Crippen LogP contribution in [0.25, 0.3) is 0 Å². The Morgan fingerprint density at radius 1 is 0.912 bits per heavy atom. The number of para-hydroxylation sites is 1. The zero-order valence-electron chi connectivity index (χ0n) is 18.4. The molecule has 0 radical (unpaired) electrons. The Hall–Kier alpha value is -3.97. The number of nitrogens with one attached hydrogen (secondary N) is 2. The summed E-state index contributed by atoms with van der Waals surface area (Å²) in [5.41, 5.74) is 2.27. The number of imide groups is 1. The minimum absolute atomic E-state index is 0.0526. The highest BCUT2D eigenvalue weighted by atomic mass is 35.5. The smallest absolute Gasteiger partial charge is 0.283 e. The summed E-state index contributed by atoms with van der Waals surface area (Å²) >= 11 is 6.19. The number of carbonyl (C=O) groups is 3. The second-order valence-corrected chi connectivity index (χ2v) is 8.40. The highest BCUT2D eigenvalue weighted by molar-refractivity contribution is 6.53. The van der Waals surface area contributed by atoms with Crippen LogP contribution in [0.4, 0.5) is 21.5 Å². The van der Waals surface area contributed by atoms with Gasteiger partial charge in [0.25, 0.3) is 17.7 Å². The van der Waals surface area contributed by atoms with Gasteiger partial charge in [-0.05, 0) is 60.0 Å². The summed E-state index contributed by atoms with van der Waals surface area (Å²) in [5.74, 6) is -1.91. The lowest BCUT2D eigenvalue weighted by Gasteiger charge is -2.16. The Morgan fingerprint density at radius 3 is 2.18 bits per heavy atom. The van der Waals surface area contributed by atoms with Gasteiger partial charge in [-0.3, -0.25) is 14.4 Å². The van der Waals surface area contributed by atoms with Crippen molar-refractivity contribution < 1.29 is 18.8 Å². The molecule has 2 N–H and O–H groups in total. The third-order valence-corrected chi connectivity index (χ3v) is 5.73. The van der Waals surface area contributed by atoms with E-state index in [-0.39, 0.29) is 22.0 Å². The van der Waals surface area contributed by atoms with Crippen LogP contribution in [0, 0.1) is 5.82 Å². The van der Waals surface area contributed by atoms with Gasteiger partial charge in [-0.2, -0.15) is 0 Å². The predicted molar refractivity (Wildman–Crippen MR) is 130 cm³/mol. The Bertz CT molecular complexity index is 1300. The molecule has 1 heterocycles. The van der Waals surface area contributed by atoms with Crippen molar-refractivity contribution in [1.82, 2.24) is 0 Å². The fourth-order valence-corrected chi connectivity index (χ4v) is 3.67.